The normalized spacial score (nSPS) is 12.6. The van der Waals surface area contributed by atoms with Gasteiger partial charge in [0, 0.05) is 0 Å². The van der Waals surface area contributed by atoms with E-state index in [9.17, 15) is 9.90 Å². The van der Waals surface area contributed by atoms with Gasteiger partial charge in [-0.3, -0.25) is 0 Å². The highest BCUT2D eigenvalue weighted by atomic mass is 35.5. The van der Waals surface area contributed by atoms with Crippen molar-refractivity contribution < 1.29 is 14.6 Å². The van der Waals surface area contributed by atoms with E-state index in [1.165, 1.54) is 7.11 Å². The second-order valence-electron chi connectivity index (χ2n) is 3.81. The first kappa shape index (κ1) is 14.2. The zero-order chi connectivity index (χ0) is 13.0. The van der Waals surface area contributed by atoms with Crippen molar-refractivity contribution in [2.24, 2.45) is 5.92 Å². The van der Waals surface area contributed by atoms with Crippen molar-refractivity contribution in [3.63, 3.8) is 0 Å². The van der Waals surface area contributed by atoms with Gasteiger partial charge in [-0.05, 0) is 5.92 Å². The quantitative estimate of drug-likeness (QED) is 0.806. The van der Waals surface area contributed by atoms with Crippen molar-refractivity contribution in [1.82, 2.24) is 4.98 Å². The topological polar surface area (TPSA) is 71.5 Å². The largest absolute Gasteiger partial charge is 0.465 e. The van der Waals surface area contributed by atoms with Crippen molar-refractivity contribution in [3.8, 4) is 0 Å². The molecule has 96 valence electrons. The number of esters is 1. The van der Waals surface area contributed by atoms with Crippen molar-refractivity contribution in [2.75, 3.05) is 19.0 Å². The van der Waals surface area contributed by atoms with Crippen LogP contribution in [-0.4, -0.2) is 35.8 Å². The van der Waals surface area contributed by atoms with Gasteiger partial charge in [0.25, 0.3) is 0 Å². The first-order valence-corrected chi connectivity index (χ1v) is 6.31. The van der Waals surface area contributed by atoms with Crippen LogP contribution >= 0.6 is 22.9 Å². The molecule has 1 aromatic heterocycles. The third-order valence-corrected chi connectivity index (χ3v) is 3.62. The minimum atomic E-state index is -0.509. The number of nitrogens with zero attached hydrogens (tertiary/aromatic N) is 1. The number of anilines is 1. The molecule has 0 aromatic carbocycles. The number of carbonyl (C=O) groups excluding carboxylic acids is 1. The van der Waals surface area contributed by atoms with Crippen LogP contribution in [0.4, 0.5) is 5.13 Å². The highest BCUT2D eigenvalue weighted by molar-refractivity contribution is 7.18. The van der Waals surface area contributed by atoms with E-state index in [2.05, 4.69) is 15.0 Å². The average Bonchev–Trinajstić information content (AvgIpc) is 2.65. The van der Waals surface area contributed by atoms with Gasteiger partial charge in [-0.25, -0.2) is 9.78 Å². The minimum absolute atomic E-state index is 0.0115. The second-order valence-corrected chi connectivity index (χ2v) is 5.17. The van der Waals surface area contributed by atoms with Crippen LogP contribution in [-0.2, 0) is 4.74 Å². The molecule has 1 aromatic rings. The number of ether oxygens (including phenoxy) is 1. The van der Waals surface area contributed by atoms with Gasteiger partial charge in [0.2, 0.25) is 0 Å². The summed E-state index contributed by atoms with van der Waals surface area (Å²) in [5.41, 5.74) is 0. The zero-order valence-corrected chi connectivity index (χ0v) is 11.4. The predicted molar refractivity (Wildman–Crippen MR) is 67.8 cm³/mol. The molecular weight excluding hydrogens is 264 g/mol. The van der Waals surface area contributed by atoms with Gasteiger partial charge in [-0.15, -0.1) is 0 Å². The summed E-state index contributed by atoms with van der Waals surface area (Å²) in [4.78, 5) is 15.6. The van der Waals surface area contributed by atoms with Gasteiger partial charge in [0.05, 0.1) is 19.8 Å². The van der Waals surface area contributed by atoms with E-state index in [1.807, 2.05) is 13.8 Å². The van der Waals surface area contributed by atoms with Crippen molar-refractivity contribution in [1.29, 1.82) is 0 Å². The predicted octanol–water partition coefficient (Wildman–Crippen LogP) is 2.01. The monoisotopic (exact) mass is 278 g/mol. The maximum Gasteiger partial charge on any atom is 0.351 e. The van der Waals surface area contributed by atoms with Crippen LogP contribution in [0.25, 0.3) is 0 Å². The smallest absolute Gasteiger partial charge is 0.351 e. The first-order chi connectivity index (χ1) is 7.99. The first-order valence-electron chi connectivity index (χ1n) is 5.11. The standard InChI is InChI=1S/C10H15ClN2O3S/c1-5(2)6(4-14)12-10-13-8(11)7(17-10)9(15)16-3/h5-6,14H,4H2,1-3H3,(H,12,13). The van der Waals surface area contributed by atoms with Crippen LogP contribution in [0.2, 0.25) is 5.15 Å². The van der Waals surface area contributed by atoms with Gasteiger partial charge in [0.15, 0.2) is 15.2 Å². The molecule has 0 aliphatic heterocycles. The number of aliphatic hydroxyl groups excluding tert-OH is 1. The summed E-state index contributed by atoms with van der Waals surface area (Å²) in [5.74, 6) is -0.269. The number of carbonyl (C=O) groups is 1. The van der Waals surface area contributed by atoms with Crippen molar-refractivity contribution in [3.05, 3.63) is 10.0 Å². The van der Waals surface area contributed by atoms with Crippen molar-refractivity contribution >= 4 is 34.0 Å². The number of nitrogens with one attached hydrogen (secondary N) is 1. The Hall–Kier alpha value is -0.850. The molecule has 1 rings (SSSR count). The van der Waals surface area contributed by atoms with Crippen LogP contribution in [0.15, 0.2) is 0 Å². The Morgan fingerprint density at radius 3 is 2.76 bits per heavy atom. The third-order valence-electron chi connectivity index (χ3n) is 2.27. The summed E-state index contributed by atoms with van der Waals surface area (Å²) in [6.45, 7) is 3.94. The Kier molecular flexibility index (Phi) is 5.17. The van der Waals surface area contributed by atoms with Crippen LogP contribution in [0.5, 0.6) is 0 Å². The number of aliphatic hydroxyl groups is 1. The van der Waals surface area contributed by atoms with Gasteiger partial charge < -0.3 is 15.2 Å². The lowest BCUT2D eigenvalue weighted by molar-refractivity contribution is 0.0606. The van der Waals surface area contributed by atoms with E-state index >= 15 is 0 Å². The summed E-state index contributed by atoms with van der Waals surface area (Å²) in [5, 5.41) is 12.8. The van der Waals surface area contributed by atoms with Crippen molar-refractivity contribution in [2.45, 2.75) is 19.9 Å². The maximum atomic E-state index is 11.3. The van der Waals surface area contributed by atoms with Gasteiger partial charge in [0.1, 0.15) is 0 Å². The van der Waals surface area contributed by atoms with Crippen LogP contribution in [0, 0.1) is 5.92 Å². The number of hydrogen-bond acceptors (Lipinski definition) is 6. The lowest BCUT2D eigenvalue weighted by atomic mass is 10.1. The number of aromatic nitrogens is 1. The number of hydrogen-bond donors (Lipinski definition) is 2. The summed E-state index contributed by atoms with van der Waals surface area (Å²) in [6, 6.07) is -0.122. The van der Waals surface area contributed by atoms with E-state index in [-0.39, 0.29) is 28.6 Å². The van der Waals surface area contributed by atoms with E-state index in [1.54, 1.807) is 0 Å². The number of halogens is 1. The van der Waals surface area contributed by atoms with E-state index in [4.69, 9.17) is 11.6 Å². The zero-order valence-electron chi connectivity index (χ0n) is 9.86. The molecule has 5 nitrogen and oxygen atoms in total. The fraction of sp³-hybridized carbons (Fsp3) is 0.600. The Morgan fingerprint density at radius 1 is 1.65 bits per heavy atom. The minimum Gasteiger partial charge on any atom is -0.465 e. The molecule has 0 bridgehead atoms. The Morgan fingerprint density at radius 2 is 2.29 bits per heavy atom. The highest BCUT2D eigenvalue weighted by Gasteiger charge is 2.20. The SMILES string of the molecule is COC(=O)c1sc(NC(CO)C(C)C)nc1Cl. The summed E-state index contributed by atoms with van der Waals surface area (Å²) in [7, 11) is 1.29. The molecule has 7 heteroatoms. The lowest BCUT2D eigenvalue weighted by Gasteiger charge is -2.18. The molecular formula is C10H15ClN2O3S. The molecule has 1 atom stereocenters. The van der Waals surface area contributed by atoms with Gasteiger partial charge >= 0.3 is 5.97 Å². The fourth-order valence-electron chi connectivity index (χ4n) is 1.16. The molecule has 0 fully saturated rings. The number of methoxy groups -OCH3 is 1. The Labute approximate surface area is 109 Å². The number of thiazole rings is 1. The molecule has 0 aliphatic carbocycles. The molecule has 0 spiro atoms. The molecule has 1 heterocycles. The Bertz CT molecular complexity index is 395. The molecule has 17 heavy (non-hydrogen) atoms. The summed E-state index contributed by atoms with van der Waals surface area (Å²) >= 11 is 6.93. The lowest BCUT2D eigenvalue weighted by Crippen LogP contribution is -2.29. The van der Waals surface area contributed by atoms with Crippen LogP contribution < -0.4 is 5.32 Å². The van der Waals surface area contributed by atoms with E-state index in [0.29, 0.717) is 5.13 Å². The van der Waals surface area contributed by atoms with Crippen LogP contribution in [0.1, 0.15) is 23.5 Å². The summed E-state index contributed by atoms with van der Waals surface area (Å²) in [6.07, 6.45) is 0. The van der Waals surface area contributed by atoms with E-state index in [0.717, 1.165) is 11.3 Å². The molecule has 0 amide bonds. The van der Waals surface area contributed by atoms with Crippen LogP contribution in [0.3, 0.4) is 0 Å². The molecule has 0 saturated carbocycles. The molecule has 1 unspecified atom stereocenters. The third kappa shape index (κ3) is 3.55. The molecule has 2 N–H and O–H groups in total. The van der Waals surface area contributed by atoms with Gasteiger partial charge in [-0.1, -0.05) is 36.8 Å². The molecule has 0 radical (unpaired) electrons. The second kappa shape index (κ2) is 6.18. The van der Waals surface area contributed by atoms with Gasteiger partial charge in [-0.2, -0.15) is 0 Å². The maximum absolute atomic E-state index is 11.3. The molecule has 0 saturated heterocycles. The highest BCUT2D eigenvalue weighted by Crippen LogP contribution is 2.28. The van der Waals surface area contributed by atoms with E-state index < -0.39 is 5.97 Å². The Balaban J connectivity index is 2.83. The average molecular weight is 279 g/mol. The summed E-state index contributed by atoms with van der Waals surface area (Å²) < 4.78 is 4.58. The fourth-order valence-corrected chi connectivity index (χ4v) is 2.33. The number of rotatable bonds is 5. The molecule has 0 aliphatic rings.